The third-order valence-corrected chi connectivity index (χ3v) is 3.02. The second-order valence-electron chi connectivity index (χ2n) is 4.22. The fourth-order valence-electron chi connectivity index (χ4n) is 2.09. The summed E-state index contributed by atoms with van der Waals surface area (Å²) in [4.78, 5) is 24.1. The maximum Gasteiger partial charge on any atom is 0.343 e. The van der Waals surface area contributed by atoms with Crippen LogP contribution in [-0.2, 0) is 4.74 Å². The monoisotopic (exact) mass is 276 g/mol. The Kier molecular flexibility index (Phi) is 2.74. The van der Waals surface area contributed by atoms with E-state index in [9.17, 15) is 9.59 Å². The molecule has 0 spiro atoms. The van der Waals surface area contributed by atoms with E-state index in [1.807, 2.05) is 0 Å². The molecule has 20 heavy (non-hydrogen) atoms. The molecule has 0 saturated heterocycles. The van der Waals surface area contributed by atoms with Gasteiger partial charge in [-0.3, -0.25) is 9.47 Å². The van der Waals surface area contributed by atoms with Crippen LogP contribution in [0.5, 0.6) is 11.5 Å². The highest BCUT2D eigenvalue weighted by molar-refractivity contribution is 5.94. The maximum atomic E-state index is 12.3. The molecule has 1 aliphatic rings. The van der Waals surface area contributed by atoms with Crippen molar-refractivity contribution < 1.29 is 19.0 Å². The van der Waals surface area contributed by atoms with Crippen LogP contribution in [0.3, 0.4) is 0 Å². The van der Waals surface area contributed by atoms with Gasteiger partial charge in [0.25, 0.3) is 0 Å². The number of esters is 1. The van der Waals surface area contributed by atoms with Gasteiger partial charge in [0, 0.05) is 12.3 Å². The minimum Gasteiger partial charge on any atom is -0.462 e. The Bertz CT molecular complexity index is 765. The van der Waals surface area contributed by atoms with Crippen molar-refractivity contribution in [2.24, 2.45) is 0 Å². The number of nitrogen functional groups attached to an aromatic ring is 1. The van der Waals surface area contributed by atoms with E-state index in [1.54, 1.807) is 13.0 Å². The van der Waals surface area contributed by atoms with Crippen LogP contribution >= 0.6 is 0 Å². The molecule has 1 aromatic carbocycles. The Labute approximate surface area is 113 Å². The standard InChI is InChI=1S/C13H12N2O5/c1-2-18-13(17)8-5-15(14)9-4-11-10(19-6-20-11)3-7(9)12(8)16/h3-5H,2,6,14H2,1H3. The van der Waals surface area contributed by atoms with Gasteiger partial charge in [0.2, 0.25) is 12.2 Å². The summed E-state index contributed by atoms with van der Waals surface area (Å²) in [5, 5.41) is 0.280. The molecule has 0 fully saturated rings. The van der Waals surface area contributed by atoms with Crippen LogP contribution in [0, 0.1) is 0 Å². The Morgan fingerprint density at radius 2 is 2.10 bits per heavy atom. The van der Waals surface area contributed by atoms with E-state index >= 15 is 0 Å². The van der Waals surface area contributed by atoms with Crippen LogP contribution in [0.2, 0.25) is 0 Å². The van der Waals surface area contributed by atoms with E-state index in [0.29, 0.717) is 17.0 Å². The van der Waals surface area contributed by atoms with E-state index in [0.717, 1.165) is 0 Å². The van der Waals surface area contributed by atoms with E-state index in [-0.39, 0.29) is 24.3 Å². The third kappa shape index (κ3) is 1.75. The highest BCUT2D eigenvalue weighted by atomic mass is 16.7. The lowest BCUT2D eigenvalue weighted by molar-refractivity contribution is 0.0524. The molecule has 0 amide bonds. The quantitative estimate of drug-likeness (QED) is 0.638. The predicted octanol–water partition coefficient (Wildman–Crippen LogP) is 0.621. The summed E-state index contributed by atoms with van der Waals surface area (Å²) in [6.07, 6.45) is 1.25. The van der Waals surface area contributed by atoms with Crippen LogP contribution in [0.4, 0.5) is 0 Å². The number of nitrogens with zero attached hydrogens (tertiary/aromatic N) is 1. The number of carbonyl (C=O) groups is 1. The molecule has 104 valence electrons. The molecule has 2 aromatic rings. The minimum absolute atomic E-state index is 0.0924. The molecule has 0 unspecified atom stereocenters. The van der Waals surface area contributed by atoms with Gasteiger partial charge in [-0.25, -0.2) is 4.79 Å². The summed E-state index contributed by atoms with van der Waals surface area (Å²) >= 11 is 0. The Balaban J connectivity index is 2.27. The molecule has 0 bridgehead atoms. The van der Waals surface area contributed by atoms with Crippen molar-refractivity contribution in [3.8, 4) is 11.5 Å². The van der Waals surface area contributed by atoms with Crippen LogP contribution < -0.4 is 20.7 Å². The third-order valence-electron chi connectivity index (χ3n) is 3.02. The average Bonchev–Trinajstić information content (AvgIpc) is 2.88. The van der Waals surface area contributed by atoms with Crippen molar-refractivity contribution in [3.05, 3.63) is 34.1 Å². The SMILES string of the molecule is CCOC(=O)c1cn(N)c2cc3c(cc2c1=O)OCO3. The molecule has 1 aliphatic heterocycles. The van der Waals surface area contributed by atoms with Gasteiger partial charge < -0.3 is 20.1 Å². The number of carbonyl (C=O) groups excluding carboxylic acids is 1. The van der Waals surface area contributed by atoms with Crippen LogP contribution in [0.1, 0.15) is 17.3 Å². The lowest BCUT2D eigenvalue weighted by Gasteiger charge is -2.09. The molecule has 2 heterocycles. The Hall–Kier alpha value is -2.70. The number of benzene rings is 1. The van der Waals surface area contributed by atoms with Gasteiger partial charge in [0.1, 0.15) is 5.56 Å². The van der Waals surface area contributed by atoms with Crippen molar-refractivity contribution in [1.29, 1.82) is 0 Å². The number of ether oxygens (including phenoxy) is 3. The molecule has 3 rings (SSSR count). The number of aromatic nitrogens is 1. The van der Waals surface area contributed by atoms with Gasteiger partial charge in [-0.2, -0.15) is 0 Å². The normalized spacial score (nSPS) is 12.7. The molecule has 0 atom stereocenters. The maximum absolute atomic E-state index is 12.3. The molecule has 7 heteroatoms. The summed E-state index contributed by atoms with van der Waals surface area (Å²) in [6.45, 7) is 1.94. The van der Waals surface area contributed by atoms with Crippen LogP contribution in [-0.4, -0.2) is 24.0 Å². The zero-order chi connectivity index (χ0) is 14.3. The number of rotatable bonds is 2. The molecule has 7 nitrogen and oxygen atoms in total. The van der Waals surface area contributed by atoms with E-state index < -0.39 is 11.4 Å². The van der Waals surface area contributed by atoms with Gasteiger partial charge >= 0.3 is 5.97 Å². The Morgan fingerprint density at radius 1 is 1.40 bits per heavy atom. The van der Waals surface area contributed by atoms with E-state index in [1.165, 1.54) is 16.9 Å². The second kappa shape index (κ2) is 4.44. The highest BCUT2D eigenvalue weighted by Gasteiger charge is 2.20. The lowest BCUT2D eigenvalue weighted by atomic mass is 10.1. The van der Waals surface area contributed by atoms with E-state index in [4.69, 9.17) is 20.1 Å². The van der Waals surface area contributed by atoms with E-state index in [2.05, 4.69) is 0 Å². The highest BCUT2D eigenvalue weighted by Crippen LogP contribution is 2.34. The first-order valence-corrected chi connectivity index (χ1v) is 6.03. The zero-order valence-electron chi connectivity index (χ0n) is 10.7. The van der Waals surface area contributed by atoms with Crippen LogP contribution in [0.25, 0.3) is 10.9 Å². The smallest absolute Gasteiger partial charge is 0.343 e. The first kappa shape index (κ1) is 12.3. The van der Waals surface area contributed by atoms with Gasteiger partial charge in [-0.1, -0.05) is 0 Å². The van der Waals surface area contributed by atoms with Gasteiger partial charge in [-0.05, 0) is 13.0 Å². The zero-order valence-corrected chi connectivity index (χ0v) is 10.7. The Morgan fingerprint density at radius 3 is 2.80 bits per heavy atom. The number of fused-ring (bicyclic) bond motifs is 2. The second-order valence-corrected chi connectivity index (χ2v) is 4.22. The molecule has 0 aliphatic carbocycles. The number of hydrogen-bond donors (Lipinski definition) is 1. The summed E-state index contributed by atoms with van der Waals surface area (Å²) in [6, 6.07) is 3.13. The largest absolute Gasteiger partial charge is 0.462 e. The molecular formula is C13H12N2O5. The predicted molar refractivity (Wildman–Crippen MR) is 70.4 cm³/mol. The molecule has 0 saturated carbocycles. The number of pyridine rings is 1. The van der Waals surface area contributed by atoms with Gasteiger partial charge in [0.15, 0.2) is 11.5 Å². The van der Waals surface area contributed by atoms with Crippen molar-refractivity contribution in [3.63, 3.8) is 0 Å². The first-order chi connectivity index (χ1) is 9.61. The molecule has 2 N–H and O–H groups in total. The summed E-state index contributed by atoms with van der Waals surface area (Å²) in [5.74, 6) is 6.10. The van der Waals surface area contributed by atoms with Crippen molar-refractivity contribution >= 4 is 16.9 Å². The molecular weight excluding hydrogens is 264 g/mol. The lowest BCUT2D eigenvalue weighted by Crippen LogP contribution is -2.23. The first-order valence-electron chi connectivity index (χ1n) is 6.03. The number of hydrogen-bond acceptors (Lipinski definition) is 6. The topological polar surface area (TPSA) is 92.8 Å². The fourth-order valence-corrected chi connectivity index (χ4v) is 2.09. The van der Waals surface area contributed by atoms with Gasteiger partial charge in [-0.15, -0.1) is 0 Å². The average molecular weight is 276 g/mol. The summed E-state index contributed by atoms with van der Waals surface area (Å²) in [7, 11) is 0. The van der Waals surface area contributed by atoms with Crippen molar-refractivity contribution in [2.75, 3.05) is 19.2 Å². The molecule has 0 radical (unpaired) electrons. The fraction of sp³-hybridized carbons (Fsp3) is 0.231. The summed E-state index contributed by atoms with van der Waals surface area (Å²) < 4.78 is 16.5. The van der Waals surface area contributed by atoms with Crippen LogP contribution in [0.15, 0.2) is 23.1 Å². The van der Waals surface area contributed by atoms with Gasteiger partial charge in [0.05, 0.1) is 17.5 Å². The van der Waals surface area contributed by atoms with Crippen molar-refractivity contribution in [1.82, 2.24) is 4.68 Å². The number of nitrogens with two attached hydrogens (primary N) is 1. The minimum atomic E-state index is -0.698. The van der Waals surface area contributed by atoms with Crippen molar-refractivity contribution in [2.45, 2.75) is 6.92 Å². The summed E-state index contributed by atoms with van der Waals surface area (Å²) in [5.41, 5.74) is -0.105. The molecule has 1 aromatic heterocycles.